The van der Waals surface area contributed by atoms with Crippen LogP contribution < -0.4 is 10.1 Å². The lowest BCUT2D eigenvalue weighted by atomic mass is 10.1. The fourth-order valence-electron chi connectivity index (χ4n) is 3.47. The first-order valence-electron chi connectivity index (χ1n) is 10.6. The molecule has 2 aromatic carbocycles. The minimum absolute atomic E-state index is 0.0465. The second-order valence-corrected chi connectivity index (χ2v) is 7.41. The molecule has 0 aliphatic carbocycles. The summed E-state index contributed by atoms with van der Waals surface area (Å²) in [6.45, 7) is 2.44. The van der Waals surface area contributed by atoms with Gasteiger partial charge in [0.2, 0.25) is 0 Å². The van der Waals surface area contributed by atoms with Gasteiger partial charge in [0.1, 0.15) is 5.75 Å². The Labute approximate surface area is 186 Å². The van der Waals surface area contributed by atoms with Crippen molar-refractivity contribution in [1.29, 1.82) is 0 Å². The van der Waals surface area contributed by atoms with E-state index in [-0.39, 0.29) is 11.9 Å². The summed E-state index contributed by atoms with van der Waals surface area (Å²) in [7, 11) is 0. The van der Waals surface area contributed by atoms with Gasteiger partial charge < -0.3 is 14.5 Å². The van der Waals surface area contributed by atoms with Crippen LogP contribution in [0.3, 0.4) is 0 Å². The number of piperazine rings is 1. The Bertz CT molecular complexity index is 1020. The number of hydrogen-bond acceptors (Lipinski definition) is 5. The second-order valence-electron chi connectivity index (χ2n) is 7.41. The second kappa shape index (κ2) is 10.4. The van der Waals surface area contributed by atoms with Crippen molar-refractivity contribution in [2.75, 3.05) is 38.1 Å². The van der Waals surface area contributed by atoms with Crippen molar-refractivity contribution in [1.82, 2.24) is 19.8 Å². The molecule has 1 aliphatic rings. The van der Waals surface area contributed by atoms with Crippen LogP contribution in [0.25, 0.3) is 0 Å². The van der Waals surface area contributed by atoms with E-state index in [2.05, 4.69) is 27.4 Å². The van der Waals surface area contributed by atoms with Crippen LogP contribution in [0, 0.1) is 0 Å². The zero-order valence-electron chi connectivity index (χ0n) is 17.7. The lowest BCUT2D eigenvalue weighted by Gasteiger charge is -2.34. The number of anilines is 1. The van der Waals surface area contributed by atoms with E-state index in [1.54, 1.807) is 28.1 Å². The van der Waals surface area contributed by atoms with E-state index in [1.165, 1.54) is 18.0 Å². The number of aromatic nitrogens is 2. The van der Waals surface area contributed by atoms with Crippen LogP contribution in [0.2, 0.25) is 0 Å². The van der Waals surface area contributed by atoms with Gasteiger partial charge in [-0.3, -0.25) is 15.1 Å². The number of rotatable bonds is 6. The number of urea groups is 1. The van der Waals surface area contributed by atoms with Gasteiger partial charge in [0.15, 0.2) is 5.82 Å². The van der Waals surface area contributed by atoms with Crippen LogP contribution >= 0.6 is 0 Å². The minimum atomic E-state index is -0.241. The van der Waals surface area contributed by atoms with Gasteiger partial charge in [-0.15, -0.1) is 0 Å². The molecule has 32 heavy (non-hydrogen) atoms. The lowest BCUT2D eigenvalue weighted by Crippen LogP contribution is -2.51. The summed E-state index contributed by atoms with van der Waals surface area (Å²) >= 11 is 0. The van der Waals surface area contributed by atoms with Gasteiger partial charge >= 0.3 is 6.03 Å². The highest BCUT2D eigenvalue weighted by molar-refractivity contribution is 5.94. The molecule has 1 N–H and O–H groups in total. The number of carbonyl (C=O) groups excluding carboxylic acids is 2. The molecule has 8 heteroatoms. The van der Waals surface area contributed by atoms with Gasteiger partial charge in [-0.1, -0.05) is 30.3 Å². The van der Waals surface area contributed by atoms with Crippen molar-refractivity contribution in [3.8, 4) is 5.75 Å². The maximum atomic E-state index is 12.8. The Kier molecular flexibility index (Phi) is 6.91. The largest absolute Gasteiger partial charge is 0.493 e. The lowest BCUT2D eigenvalue weighted by molar-refractivity contribution is 0.0671. The third-order valence-corrected chi connectivity index (χ3v) is 5.26. The average molecular weight is 431 g/mol. The molecule has 1 aromatic heterocycles. The van der Waals surface area contributed by atoms with Crippen LogP contribution in [0.15, 0.2) is 73.2 Å². The first-order chi connectivity index (χ1) is 15.7. The molecule has 0 radical (unpaired) electrons. The first kappa shape index (κ1) is 21.3. The topological polar surface area (TPSA) is 87.7 Å². The fraction of sp³-hybridized carbons (Fsp3) is 0.250. The molecule has 0 spiro atoms. The standard InChI is InChI=1S/C24H25N5O3/c30-23(20-6-8-21(9-7-20)32-17-10-19-4-2-1-3-5-19)28-13-15-29(16-14-28)24(31)27-22-18-25-11-12-26-22/h1-9,11-12,18H,10,13-17H2,(H,26,27,31). The number of carbonyl (C=O) groups is 2. The fourth-order valence-corrected chi connectivity index (χ4v) is 3.47. The number of nitrogens with zero attached hydrogens (tertiary/aromatic N) is 4. The molecule has 0 unspecified atom stereocenters. The predicted molar refractivity (Wildman–Crippen MR) is 121 cm³/mol. The van der Waals surface area contributed by atoms with E-state index in [0.29, 0.717) is 44.2 Å². The minimum Gasteiger partial charge on any atom is -0.493 e. The van der Waals surface area contributed by atoms with E-state index in [9.17, 15) is 9.59 Å². The van der Waals surface area contributed by atoms with Crippen molar-refractivity contribution in [3.05, 3.63) is 84.3 Å². The Morgan fingerprint density at radius 1 is 0.906 bits per heavy atom. The highest BCUT2D eigenvalue weighted by atomic mass is 16.5. The number of nitrogens with one attached hydrogen (secondary N) is 1. The van der Waals surface area contributed by atoms with Crippen molar-refractivity contribution < 1.29 is 14.3 Å². The highest BCUT2D eigenvalue weighted by Crippen LogP contribution is 2.16. The smallest absolute Gasteiger partial charge is 0.323 e. The molecule has 1 fully saturated rings. The molecule has 4 rings (SSSR count). The van der Waals surface area contributed by atoms with E-state index in [1.807, 2.05) is 30.3 Å². The molecule has 0 saturated carbocycles. The summed E-state index contributed by atoms with van der Waals surface area (Å²) in [6.07, 6.45) is 5.39. The third-order valence-electron chi connectivity index (χ3n) is 5.26. The maximum absolute atomic E-state index is 12.8. The predicted octanol–water partition coefficient (Wildman–Crippen LogP) is 3.09. The molecule has 3 amide bonds. The Morgan fingerprint density at radius 2 is 1.62 bits per heavy atom. The zero-order chi connectivity index (χ0) is 22.2. The summed E-state index contributed by atoms with van der Waals surface area (Å²) < 4.78 is 5.79. The van der Waals surface area contributed by atoms with E-state index >= 15 is 0 Å². The molecule has 2 heterocycles. The molecule has 1 saturated heterocycles. The van der Waals surface area contributed by atoms with Crippen LogP contribution in [0.5, 0.6) is 5.75 Å². The molecule has 1 aliphatic heterocycles. The zero-order valence-corrected chi connectivity index (χ0v) is 17.7. The van der Waals surface area contributed by atoms with Crippen molar-refractivity contribution >= 4 is 17.8 Å². The van der Waals surface area contributed by atoms with Crippen LogP contribution in [-0.4, -0.2) is 64.5 Å². The van der Waals surface area contributed by atoms with Crippen molar-refractivity contribution in [3.63, 3.8) is 0 Å². The van der Waals surface area contributed by atoms with E-state index in [0.717, 1.165) is 12.2 Å². The SMILES string of the molecule is O=C(Nc1cnccn1)N1CCN(C(=O)c2ccc(OCCc3ccccc3)cc2)CC1. The quantitative estimate of drug-likeness (QED) is 0.648. The molecule has 0 atom stereocenters. The molecule has 164 valence electrons. The molecule has 0 bridgehead atoms. The Morgan fingerprint density at radius 3 is 2.31 bits per heavy atom. The first-order valence-corrected chi connectivity index (χ1v) is 10.6. The Hall–Kier alpha value is -3.94. The summed E-state index contributed by atoms with van der Waals surface area (Å²) in [5, 5.41) is 2.72. The number of hydrogen-bond donors (Lipinski definition) is 1. The third kappa shape index (κ3) is 5.60. The van der Waals surface area contributed by atoms with Gasteiger partial charge in [0.25, 0.3) is 5.91 Å². The molecular weight excluding hydrogens is 406 g/mol. The highest BCUT2D eigenvalue weighted by Gasteiger charge is 2.25. The van der Waals surface area contributed by atoms with E-state index in [4.69, 9.17) is 4.74 Å². The van der Waals surface area contributed by atoms with Crippen molar-refractivity contribution in [2.24, 2.45) is 0 Å². The molecule has 3 aromatic rings. The van der Waals surface area contributed by atoms with Crippen LogP contribution in [0.4, 0.5) is 10.6 Å². The normalized spacial score (nSPS) is 13.5. The summed E-state index contributed by atoms with van der Waals surface area (Å²) in [5.41, 5.74) is 1.83. The molecule has 8 nitrogen and oxygen atoms in total. The summed E-state index contributed by atoms with van der Waals surface area (Å²) in [6, 6.07) is 17.1. The number of ether oxygens (including phenoxy) is 1. The van der Waals surface area contributed by atoms with Crippen LogP contribution in [0.1, 0.15) is 15.9 Å². The van der Waals surface area contributed by atoms with E-state index < -0.39 is 0 Å². The van der Waals surface area contributed by atoms with Crippen molar-refractivity contribution in [2.45, 2.75) is 6.42 Å². The van der Waals surface area contributed by atoms with Gasteiger partial charge in [0.05, 0.1) is 12.8 Å². The summed E-state index contributed by atoms with van der Waals surface area (Å²) in [4.78, 5) is 36.6. The van der Waals surface area contributed by atoms with Gasteiger partial charge in [-0.25, -0.2) is 9.78 Å². The average Bonchev–Trinajstić information content (AvgIpc) is 2.85. The molecular formula is C24H25N5O3. The van der Waals surface area contributed by atoms with Gasteiger partial charge in [-0.2, -0.15) is 0 Å². The Balaban J connectivity index is 1.23. The maximum Gasteiger partial charge on any atom is 0.323 e. The van der Waals surface area contributed by atoms with Gasteiger partial charge in [-0.05, 0) is 29.8 Å². The number of benzene rings is 2. The van der Waals surface area contributed by atoms with Crippen LogP contribution in [-0.2, 0) is 6.42 Å². The summed E-state index contributed by atoms with van der Waals surface area (Å²) in [5.74, 6) is 1.10. The van der Waals surface area contributed by atoms with Gasteiger partial charge in [0, 0.05) is 50.6 Å². The monoisotopic (exact) mass is 431 g/mol. The number of amides is 3.